The van der Waals surface area contributed by atoms with Crippen molar-refractivity contribution in [2.75, 3.05) is 46.8 Å². The number of hydrogen-bond acceptors (Lipinski definition) is 4. The summed E-state index contributed by atoms with van der Waals surface area (Å²) in [4.78, 5) is 2.31. The SMILES string of the molecule is CCCC(CN)N1CCN(S(=O)(=O)N(C)C)CC1. The zero-order valence-electron chi connectivity index (χ0n) is 11.7. The van der Waals surface area contributed by atoms with Gasteiger partial charge in [-0.05, 0) is 6.42 Å². The monoisotopic (exact) mass is 278 g/mol. The zero-order valence-corrected chi connectivity index (χ0v) is 12.5. The van der Waals surface area contributed by atoms with Crippen LogP contribution in [0.3, 0.4) is 0 Å². The van der Waals surface area contributed by atoms with Gasteiger partial charge in [-0.2, -0.15) is 17.0 Å². The van der Waals surface area contributed by atoms with E-state index in [0.29, 0.717) is 25.7 Å². The van der Waals surface area contributed by atoms with E-state index in [1.54, 1.807) is 18.4 Å². The molecule has 1 aliphatic rings. The fraction of sp³-hybridized carbons (Fsp3) is 1.00. The number of rotatable bonds is 6. The van der Waals surface area contributed by atoms with Gasteiger partial charge in [0.2, 0.25) is 0 Å². The maximum atomic E-state index is 12.0. The van der Waals surface area contributed by atoms with Crippen LogP contribution in [0.1, 0.15) is 19.8 Å². The molecule has 0 amide bonds. The highest BCUT2D eigenvalue weighted by Gasteiger charge is 2.30. The number of piperazine rings is 1. The van der Waals surface area contributed by atoms with E-state index in [0.717, 1.165) is 25.9 Å². The van der Waals surface area contributed by atoms with Crippen molar-refractivity contribution in [2.45, 2.75) is 25.8 Å². The second kappa shape index (κ2) is 6.81. The minimum Gasteiger partial charge on any atom is -0.329 e. The third-order valence-corrected chi connectivity index (χ3v) is 5.41. The first-order chi connectivity index (χ1) is 8.43. The largest absolute Gasteiger partial charge is 0.329 e. The second-order valence-corrected chi connectivity index (χ2v) is 7.05. The average molecular weight is 278 g/mol. The number of hydrogen-bond donors (Lipinski definition) is 1. The first kappa shape index (κ1) is 15.8. The Balaban J connectivity index is 2.55. The third-order valence-electron chi connectivity index (χ3n) is 3.47. The molecule has 1 fully saturated rings. The molecule has 1 rings (SSSR count). The van der Waals surface area contributed by atoms with Crippen molar-refractivity contribution in [3.8, 4) is 0 Å². The van der Waals surface area contributed by atoms with Gasteiger partial charge in [0, 0.05) is 52.9 Å². The normalized spacial score (nSPS) is 21.4. The molecule has 2 N–H and O–H groups in total. The molecule has 108 valence electrons. The van der Waals surface area contributed by atoms with Gasteiger partial charge in [0.05, 0.1) is 0 Å². The predicted octanol–water partition coefficient (Wildman–Crippen LogP) is -0.462. The molecule has 1 atom stereocenters. The van der Waals surface area contributed by atoms with Gasteiger partial charge in [-0.25, -0.2) is 0 Å². The van der Waals surface area contributed by atoms with Crippen LogP contribution in [0, 0.1) is 0 Å². The Labute approximate surface area is 111 Å². The summed E-state index contributed by atoms with van der Waals surface area (Å²) >= 11 is 0. The van der Waals surface area contributed by atoms with Crippen molar-refractivity contribution in [1.29, 1.82) is 0 Å². The molecule has 0 aromatic heterocycles. The standard InChI is InChI=1S/C11H26N4O2S/c1-4-5-11(10-12)14-6-8-15(9-7-14)18(16,17)13(2)3/h11H,4-10,12H2,1-3H3. The van der Waals surface area contributed by atoms with Crippen molar-refractivity contribution < 1.29 is 8.42 Å². The van der Waals surface area contributed by atoms with Gasteiger partial charge in [-0.1, -0.05) is 13.3 Å². The lowest BCUT2D eigenvalue weighted by molar-refractivity contribution is 0.131. The van der Waals surface area contributed by atoms with Crippen LogP contribution < -0.4 is 5.73 Å². The number of nitrogens with zero attached hydrogens (tertiary/aromatic N) is 3. The summed E-state index contributed by atoms with van der Waals surface area (Å²) < 4.78 is 26.7. The molecule has 1 unspecified atom stereocenters. The zero-order chi connectivity index (χ0) is 13.8. The fourth-order valence-electron chi connectivity index (χ4n) is 2.31. The van der Waals surface area contributed by atoms with E-state index in [4.69, 9.17) is 5.73 Å². The number of nitrogens with two attached hydrogens (primary N) is 1. The van der Waals surface area contributed by atoms with Crippen LogP contribution in [0.5, 0.6) is 0 Å². The molecule has 1 heterocycles. The Hall–Kier alpha value is -0.210. The van der Waals surface area contributed by atoms with Gasteiger partial charge in [0.1, 0.15) is 0 Å². The van der Waals surface area contributed by atoms with Crippen molar-refractivity contribution in [3.05, 3.63) is 0 Å². The maximum Gasteiger partial charge on any atom is 0.281 e. The molecule has 0 saturated carbocycles. The lowest BCUT2D eigenvalue weighted by Gasteiger charge is -2.39. The van der Waals surface area contributed by atoms with Crippen molar-refractivity contribution in [1.82, 2.24) is 13.5 Å². The Morgan fingerprint density at radius 2 is 1.78 bits per heavy atom. The van der Waals surface area contributed by atoms with E-state index in [9.17, 15) is 8.42 Å². The molecule has 1 aliphatic heterocycles. The summed E-state index contributed by atoms with van der Waals surface area (Å²) in [5.41, 5.74) is 5.78. The minimum atomic E-state index is -3.26. The Bertz CT molecular complexity index is 337. The van der Waals surface area contributed by atoms with Crippen LogP contribution in [0.15, 0.2) is 0 Å². The highest BCUT2D eigenvalue weighted by atomic mass is 32.2. The molecule has 1 saturated heterocycles. The molecule has 0 aromatic carbocycles. The predicted molar refractivity (Wildman–Crippen MR) is 73.5 cm³/mol. The van der Waals surface area contributed by atoms with Crippen LogP contribution in [0.2, 0.25) is 0 Å². The minimum absolute atomic E-state index is 0.388. The topological polar surface area (TPSA) is 69.9 Å². The molecule has 0 radical (unpaired) electrons. The Morgan fingerprint density at radius 3 is 2.17 bits per heavy atom. The smallest absolute Gasteiger partial charge is 0.281 e. The molecule has 0 spiro atoms. The average Bonchev–Trinajstić information content (AvgIpc) is 2.36. The highest BCUT2D eigenvalue weighted by Crippen LogP contribution is 2.13. The molecule has 0 bridgehead atoms. The van der Waals surface area contributed by atoms with E-state index in [1.165, 1.54) is 4.31 Å². The second-order valence-electron chi connectivity index (χ2n) is 4.90. The first-order valence-corrected chi connectivity index (χ1v) is 7.94. The van der Waals surface area contributed by atoms with Crippen LogP contribution >= 0.6 is 0 Å². The summed E-state index contributed by atoms with van der Waals surface area (Å²) in [7, 11) is -0.118. The van der Waals surface area contributed by atoms with E-state index in [1.807, 2.05) is 0 Å². The van der Waals surface area contributed by atoms with E-state index >= 15 is 0 Å². The van der Waals surface area contributed by atoms with Crippen LogP contribution in [-0.4, -0.2) is 74.8 Å². The highest BCUT2D eigenvalue weighted by molar-refractivity contribution is 7.86. The molecule has 7 heteroatoms. The molecular formula is C11H26N4O2S. The Kier molecular flexibility index (Phi) is 6.00. The molecule has 0 aliphatic carbocycles. The summed E-state index contributed by atoms with van der Waals surface area (Å²) in [6.07, 6.45) is 2.19. The third kappa shape index (κ3) is 3.64. The lowest BCUT2D eigenvalue weighted by atomic mass is 10.1. The summed E-state index contributed by atoms with van der Waals surface area (Å²) in [5, 5.41) is 0. The summed E-state index contributed by atoms with van der Waals surface area (Å²) in [6.45, 7) is 5.45. The van der Waals surface area contributed by atoms with E-state index in [-0.39, 0.29) is 0 Å². The van der Waals surface area contributed by atoms with Crippen LogP contribution in [-0.2, 0) is 10.2 Å². The van der Waals surface area contributed by atoms with Gasteiger partial charge in [0.15, 0.2) is 0 Å². The van der Waals surface area contributed by atoms with E-state index < -0.39 is 10.2 Å². The lowest BCUT2D eigenvalue weighted by Crippen LogP contribution is -2.55. The van der Waals surface area contributed by atoms with Gasteiger partial charge < -0.3 is 5.73 Å². The fourth-order valence-corrected chi connectivity index (χ4v) is 3.40. The quantitative estimate of drug-likeness (QED) is 0.714. The van der Waals surface area contributed by atoms with E-state index in [2.05, 4.69) is 11.8 Å². The van der Waals surface area contributed by atoms with Gasteiger partial charge in [0.25, 0.3) is 10.2 Å². The first-order valence-electron chi connectivity index (χ1n) is 6.55. The van der Waals surface area contributed by atoms with Gasteiger partial charge in [-0.15, -0.1) is 0 Å². The molecule has 18 heavy (non-hydrogen) atoms. The molecular weight excluding hydrogens is 252 g/mol. The van der Waals surface area contributed by atoms with Crippen LogP contribution in [0.25, 0.3) is 0 Å². The molecule has 0 aromatic rings. The maximum absolute atomic E-state index is 12.0. The Morgan fingerprint density at radius 1 is 1.22 bits per heavy atom. The van der Waals surface area contributed by atoms with Crippen molar-refractivity contribution in [3.63, 3.8) is 0 Å². The van der Waals surface area contributed by atoms with Gasteiger partial charge >= 0.3 is 0 Å². The van der Waals surface area contributed by atoms with Crippen molar-refractivity contribution in [2.24, 2.45) is 5.73 Å². The summed E-state index contributed by atoms with van der Waals surface area (Å²) in [6, 6.07) is 0.388. The van der Waals surface area contributed by atoms with Crippen LogP contribution in [0.4, 0.5) is 0 Å². The van der Waals surface area contributed by atoms with Crippen molar-refractivity contribution >= 4 is 10.2 Å². The summed E-state index contributed by atoms with van der Waals surface area (Å²) in [5.74, 6) is 0. The van der Waals surface area contributed by atoms with Gasteiger partial charge in [-0.3, -0.25) is 4.90 Å². The molecule has 6 nitrogen and oxygen atoms in total.